The molecule has 0 aliphatic rings. The Morgan fingerprint density at radius 2 is 2.23 bits per heavy atom. The van der Waals surface area contributed by atoms with Gasteiger partial charge in [0.25, 0.3) is 0 Å². The second kappa shape index (κ2) is 3.18. The molecule has 0 unspecified atom stereocenters. The standard InChI is InChI=1S/C10H10N2S/c1-7(11)6-10-12-8-4-2-3-5-9(8)13-10/h2-6H,11H2,1H3. The molecule has 1 aromatic heterocycles. The van der Waals surface area contributed by atoms with Crippen molar-refractivity contribution >= 4 is 27.6 Å². The van der Waals surface area contributed by atoms with Crippen molar-refractivity contribution in [2.75, 3.05) is 0 Å². The van der Waals surface area contributed by atoms with Crippen molar-refractivity contribution in [3.63, 3.8) is 0 Å². The quantitative estimate of drug-likeness (QED) is 0.750. The number of nitrogens with two attached hydrogens (primary N) is 1. The van der Waals surface area contributed by atoms with Crippen molar-refractivity contribution in [1.29, 1.82) is 0 Å². The lowest BCUT2D eigenvalue weighted by Gasteiger charge is -1.84. The molecule has 66 valence electrons. The predicted octanol–water partition coefficient (Wildman–Crippen LogP) is 2.62. The molecule has 0 radical (unpaired) electrons. The van der Waals surface area contributed by atoms with Gasteiger partial charge in [-0.3, -0.25) is 0 Å². The third-order valence-electron chi connectivity index (χ3n) is 1.66. The summed E-state index contributed by atoms with van der Waals surface area (Å²) >= 11 is 1.66. The number of fused-ring (bicyclic) bond motifs is 1. The second-order valence-corrected chi connectivity index (χ2v) is 3.97. The van der Waals surface area contributed by atoms with Crippen molar-refractivity contribution in [3.8, 4) is 0 Å². The third-order valence-corrected chi connectivity index (χ3v) is 2.64. The monoisotopic (exact) mass is 190 g/mol. The van der Waals surface area contributed by atoms with E-state index in [-0.39, 0.29) is 0 Å². The molecular weight excluding hydrogens is 180 g/mol. The summed E-state index contributed by atoms with van der Waals surface area (Å²) in [6.07, 6.45) is 1.89. The van der Waals surface area contributed by atoms with Gasteiger partial charge < -0.3 is 5.73 Å². The van der Waals surface area contributed by atoms with Crippen LogP contribution in [-0.2, 0) is 0 Å². The number of thiazole rings is 1. The first-order valence-corrected chi connectivity index (χ1v) is 4.87. The van der Waals surface area contributed by atoms with Crippen LogP contribution in [0.25, 0.3) is 16.3 Å². The minimum atomic E-state index is 0.791. The fourth-order valence-electron chi connectivity index (χ4n) is 1.15. The van der Waals surface area contributed by atoms with Gasteiger partial charge in [-0.05, 0) is 25.1 Å². The molecule has 0 spiro atoms. The summed E-state index contributed by atoms with van der Waals surface area (Å²) in [4.78, 5) is 4.42. The Kier molecular flexibility index (Phi) is 2.02. The number of aromatic nitrogens is 1. The summed E-state index contributed by atoms with van der Waals surface area (Å²) in [5.41, 5.74) is 7.41. The third kappa shape index (κ3) is 1.70. The van der Waals surface area contributed by atoms with E-state index < -0.39 is 0 Å². The number of para-hydroxylation sites is 1. The topological polar surface area (TPSA) is 38.9 Å². The van der Waals surface area contributed by atoms with E-state index in [4.69, 9.17) is 5.73 Å². The van der Waals surface area contributed by atoms with Gasteiger partial charge >= 0.3 is 0 Å². The smallest absolute Gasteiger partial charge is 0.119 e. The summed E-state index contributed by atoms with van der Waals surface area (Å²) in [7, 11) is 0. The average Bonchev–Trinajstić information content (AvgIpc) is 2.44. The average molecular weight is 190 g/mol. The van der Waals surface area contributed by atoms with Gasteiger partial charge in [0.2, 0.25) is 0 Å². The van der Waals surface area contributed by atoms with Crippen LogP contribution in [-0.4, -0.2) is 4.98 Å². The van der Waals surface area contributed by atoms with E-state index in [0.717, 1.165) is 16.2 Å². The van der Waals surface area contributed by atoms with Crippen LogP contribution >= 0.6 is 11.3 Å². The van der Waals surface area contributed by atoms with Crippen molar-refractivity contribution in [1.82, 2.24) is 4.98 Å². The lowest BCUT2D eigenvalue weighted by Crippen LogP contribution is -1.88. The molecule has 2 rings (SSSR count). The Hall–Kier alpha value is -1.35. The molecule has 0 fully saturated rings. The van der Waals surface area contributed by atoms with E-state index in [1.54, 1.807) is 11.3 Å². The predicted molar refractivity (Wildman–Crippen MR) is 57.5 cm³/mol. The SMILES string of the molecule is CC(N)=Cc1nc2ccccc2s1. The molecule has 2 aromatic rings. The highest BCUT2D eigenvalue weighted by Crippen LogP contribution is 2.22. The molecule has 2 N–H and O–H groups in total. The summed E-state index contributed by atoms with van der Waals surface area (Å²) in [5.74, 6) is 0. The lowest BCUT2D eigenvalue weighted by molar-refractivity contribution is 1.33. The number of allylic oxidation sites excluding steroid dienone is 1. The number of rotatable bonds is 1. The van der Waals surface area contributed by atoms with Gasteiger partial charge in [0.05, 0.1) is 10.2 Å². The molecule has 3 heteroatoms. The lowest BCUT2D eigenvalue weighted by atomic mass is 10.3. The zero-order valence-electron chi connectivity index (χ0n) is 7.32. The molecule has 13 heavy (non-hydrogen) atoms. The molecule has 0 atom stereocenters. The summed E-state index contributed by atoms with van der Waals surface area (Å²) in [6, 6.07) is 8.08. The fourth-order valence-corrected chi connectivity index (χ4v) is 2.13. The van der Waals surface area contributed by atoms with Crippen molar-refractivity contribution in [2.45, 2.75) is 6.92 Å². The second-order valence-electron chi connectivity index (χ2n) is 2.91. The van der Waals surface area contributed by atoms with E-state index in [0.29, 0.717) is 0 Å². The van der Waals surface area contributed by atoms with Gasteiger partial charge in [-0.25, -0.2) is 4.98 Å². The van der Waals surface area contributed by atoms with Crippen molar-refractivity contribution < 1.29 is 0 Å². The van der Waals surface area contributed by atoms with Gasteiger partial charge in [0.1, 0.15) is 5.01 Å². The van der Waals surface area contributed by atoms with E-state index in [9.17, 15) is 0 Å². The molecule has 1 heterocycles. The Bertz CT molecular complexity index is 420. The first-order valence-electron chi connectivity index (χ1n) is 4.05. The van der Waals surface area contributed by atoms with E-state index in [1.807, 2.05) is 31.2 Å². The van der Waals surface area contributed by atoms with Gasteiger partial charge in [0, 0.05) is 5.70 Å². The molecule has 0 saturated heterocycles. The summed E-state index contributed by atoms with van der Waals surface area (Å²) < 4.78 is 1.20. The minimum absolute atomic E-state index is 0.791. The highest BCUT2D eigenvalue weighted by Gasteiger charge is 1.99. The van der Waals surface area contributed by atoms with Gasteiger partial charge in [0.15, 0.2) is 0 Å². The maximum atomic E-state index is 5.57. The normalized spacial score (nSPS) is 12.2. The molecule has 0 saturated carbocycles. The van der Waals surface area contributed by atoms with Gasteiger partial charge in [-0.15, -0.1) is 11.3 Å². The number of hydrogen-bond acceptors (Lipinski definition) is 3. The largest absolute Gasteiger partial charge is 0.402 e. The van der Waals surface area contributed by atoms with Crippen LogP contribution in [0.3, 0.4) is 0 Å². The maximum Gasteiger partial charge on any atom is 0.119 e. The Balaban J connectivity index is 2.56. The fraction of sp³-hybridized carbons (Fsp3) is 0.100. The molecule has 0 aliphatic carbocycles. The van der Waals surface area contributed by atoms with Crippen molar-refractivity contribution in [3.05, 3.63) is 35.0 Å². The summed E-state index contributed by atoms with van der Waals surface area (Å²) in [5, 5.41) is 0.973. The van der Waals surface area contributed by atoms with Crippen LogP contribution in [0.4, 0.5) is 0 Å². The van der Waals surface area contributed by atoms with E-state index in [2.05, 4.69) is 11.1 Å². The Labute approximate surface area is 80.7 Å². The number of hydrogen-bond donors (Lipinski definition) is 1. The molecule has 0 amide bonds. The van der Waals surface area contributed by atoms with E-state index in [1.165, 1.54) is 4.70 Å². The first-order chi connectivity index (χ1) is 6.25. The number of nitrogens with zero attached hydrogens (tertiary/aromatic N) is 1. The number of benzene rings is 1. The highest BCUT2D eigenvalue weighted by atomic mass is 32.1. The highest BCUT2D eigenvalue weighted by molar-refractivity contribution is 7.19. The zero-order chi connectivity index (χ0) is 9.26. The maximum absolute atomic E-state index is 5.57. The van der Waals surface area contributed by atoms with E-state index >= 15 is 0 Å². The first kappa shape index (κ1) is 8.26. The van der Waals surface area contributed by atoms with Crippen LogP contribution in [0, 0.1) is 0 Å². The van der Waals surface area contributed by atoms with Crippen LogP contribution in [0.5, 0.6) is 0 Å². The molecule has 0 aliphatic heterocycles. The Morgan fingerprint density at radius 1 is 1.46 bits per heavy atom. The zero-order valence-corrected chi connectivity index (χ0v) is 8.14. The molecule has 2 nitrogen and oxygen atoms in total. The molecule has 0 bridgehead atoms. The summed E-state index contributed by atoms with van der Waals surface area (Å²) in [6.45, 7) is 1.87. The Morgan fingerprint density at radius 3 is 2.92 bits per heavy atom. The van der Waals surface area contributed by atoms with Crippen molar-refractivity contribution in [2.24, 2.45) is 5.73 Å². The minimum Gasteiger partial charge on any atom is -0.402 e. The van der Waals surface area contributed by atoms with Crippen LogP contribution in [0.2, 0.25) is 0 Å². The van der Waals surface area contributed by atoms with Gasteiger partial charge in [-0.1, -0.05) is 12.1 Å². The van der Waals surface area contributed by atoms with Crippen LogP contribution < -0.4 is 5.73 Å². The van der Waals surface area contributed by atoms with Crippen LogP contribution in [0.1, 0.15) is 11.9 Å². The molecular formula is C10H10N2S. The van der Waals surface area contributed by atoms with Gasteiger partial charge in [-0.2, -0.15) is 0 Å². The van der Waals surface area contributed by atoms with Crippen LogP contribution in [0.15, 0.2) is 30.0 Å². The molecule has 1 aromatic carbocycles.